The van der Waals surface area contributed by atoms with Crippen LogP contribution in [-0.2, 0) is 27.2 Å². The molecule has 1 unspecified atom stereocenters. The molecule has 14 heteroatoms. The van der Waals surface area contributed by atoms with Gasteiger partial charge in [0.2, 0.25) is 17.7 Å². The second kappa shape index (κ2) is 15.1. The molecule has 0 spiro atoms. The van der Waals surface area contributed by atoms with Crippen molar-refractivity contribution in [1.82, 2.24) is 35.3 Å². The quantitative estimate of drug-likeness (QED) is 0.201. The number of nitrogens with one attached hydrogen (secondary N) is 3. The van der Waals surface area contributed by atoms with Gasteiger partial charge in [-0.1, -0.05) is 19.1 Å². The smallest absolute Gasteiger partial charge is 0.256 e. The molecule has 6 heterocycles. The lowest BCUT2D eigenvalue weighted by atomic mass is 9.81. The number of aromatic amines is 2. The van der Waals surface area contributed by atoms with E-state index in [9.17, 15) is 23.2 Å². The Kier molecular flexibility index (Phi) is 10.2. The molecule has 55 heavy (non-hydrogen) atoms. The topological polar surface area (TPSA) is 134 Å². The Balaban J connectivity index is 0.813. The highest BCUT2D eigenvalue weighted by atomic mass is 19.3. The van der Waals surface area contributed by atoms with Crippen molar-refractivity contribution in [3.8, 4) is 11.4 Å². The maximum atomic E-state index is 14.6. The number of carbonyl (C=O) groups excluding carboxylic acids is 3. The van der Waals surface area contributed by atoms with E-state index >= 15 is 0 Å². The number of hydrogen-bond acceptors (Lipinski definition) is 8. The van der Waals surface area contributed by atoms with Crippen molar-refractivity contribution in [3.63, 3.8) is 0 Å². The molecule has 3 saturated heterocycles. The van der Waals surface area contributed by atoms with Crippen molar-refractivity contribution in [3.05, 3.63) is 59.4 Å². The van der Waals surface area contributed by atoms with E-state index in [0.29, 0.717) is 43.0 Å². The highest BCUT2D eigenvalue weighted by molar-refractivity contribution is 6.01. The molecule has 3 aliphatic heterocycles. The van der Waals surface area contributed by atoms with Gasteiger partial charge in [-0.05, 0) is 74.8 Å². The lowest BCUT2D eigenvalue weighted by Crippen LogP contribution is -2.55. The van der Waals surface area contributed by atoms with Crippen LogP contribution in [0.15, 0.2) is 42.6 Å². The summed E-state index contributed by atoms with van der Waals surface area (Å²) in [5.41, 5.74) is 5.36. The number of pyridine rings is 1. The molecule has 3 aromatic heterocycles. The Hall–Kier alpha value is -4.69. The number of alkyl halides is 2. The number of amides is 3. The fourth-order valence-electron chi connectivity index (χ4n) is 9.07. The number of piperidine rings is 2. The van der Waals surface area contributed by atoms with Crippen molar-refractivity contribution in [2.75, 3.05) is 62.7 Å². The van der Waals surface area contributed by atoms with Crippen molar-refractivity contribution in [1.29, 1.82) is 0 Å². The van der Waals surface area contributed by atoms with Crippen LogP contribution in [0.5, 0.6) is 0 Å². The van der Waals surface area contributed by atoms with E-state index in [1.165, 1.54) is 0 Å². The fourth-order valence-corrected chi connectivity index (χ4v) is 9.07. The minimum atomic E-state index is -2.74. The van der Waals surface area contributed by atoms with Crippen LogP contribution in [0.25, 0.3) is 22.3 Å². The molecule has 292 valence electrons. The molecule has 3 fully saturated rings. The Morgan fingerprint density at radius 2 is 1.82 bits per heavy atom. The molecule has 0 radical (unpaired) electrons. The number of anilines is 2. The zero-order valence-electron chi connectivity index (χ0n) is 31.9. The maximum absolute atomic E-state index is 14.6. The van der Waals surface area contributed by atoms with Gasteiger partial charge in [-0.25, -0.2) is 13.8 Å². The maximum Gasteiger partial charge on any atom is 0.256 e. The lowest BCUT2D eigenvalue weighted by molar-refractivity contribution is -0.134. The van der Waals surface area contributed by atoms with Gasteiger partial charge in [-0.3, -0.25) is 29.7 Å². The van der Waals surface area contributed by atoms with E-state index in [1.54, 1.807) is 11.1 Å². The number of piperazine rings is 1. The van der Waals surface area contributed by atoms with Gasteiger partial charge in [-0.15, -0.1) is 0 Å². The summed E-state index contributed by atoms with van der Waals surface area (Å²) in [6, 6.07) is 11.6. The second-order valence-electron chi connectivity index (χ2n) is 16.0. The fraction of sp³-hybridized carbons (Fsp3) is 0.537. The zero-order chi connectivity index (χ0) is 38.4. The zero-order valence-corrected chi connectivity index (χ0v) is 31.9. The first-order valence-electron chi connectivity index (χ1n) is 19.8. The van der Waals surface area contributed by atoms with Gasteiger partial charge in [0.15, 0.2) is 0 Å². The summed E-state index contributed by atoms with van der Waals surface area (Å²) in [4.78, 5) is 54.5. The summed E-state index contributed by atoms with van der Waals surface area (Å²) in [5.74, 6) is -2.63. The number of fused-ring (bicyclic) bond motifs is 2. The minimum absolute atomic E-state index is 0.0404. The van der Waals surface area contributed by atoms with Crippen LogP contribution in [0, 0.1) is 11.8 Å². The molecule has 3 amide bonds. The number of halogens is 2. The van der Waals surface area contributed by atoms with E-state index in [2.05, 4.69) is 40.2 Å². The van der Waals surface area contributed by atoms with Gasteiger partial charge in [0.25, 0.3) is 5.92 Å². The first-order chi connectivity index (χ1) is 26.5. The molecular formula is C41H51F2N9O3. The van der Waals surface area contributed by atoms with Crippen LogP contribution in [0.1, 0.15) is 68.7 Å². The molecule has 0 saturated carbocycles. The number of aromatic nitrogens is 4. The number of likely N-dealkylation sites (N-methyl/N-ethyl adjacent to an activating group) is 1. The Bertz CT molecular complexity index is 2050. The summed E-state index contributed by atoms with van der Waals surface area (Å²) in [6.45, 7) is 10.3. The highest BCUT2D eigenvalue weighted by Crippen LogP contribution is 2.42. The van der Waals surface area contributed by atoms with Crippen LogP contribution in [0.4, 0.5) is 20.3 Å². The molecule has 1 aliphatic carbocycles. The van der Waals surface area contributed by atoms with Gasteiger partial charge in [-0.2, -0.15) is 5.10 Å². The largest absolute Gasteiger partial charge is 0.357 e. The van der Waals surface area contributed by atoms with E-state index in [4.69, 9.17) is 0 Å². The third-order valence-electron chi connectivity index (χ3n) is 12.7. The van der Waals surface area contributed by atoms with Crippen LogP contribution in [0.2, 0.25) is 0 Å². The van der Waals surface area contributed by atoms with E-state index in [1.807, 2.05) is 57.3 Å². The normalized spacial score (nSPS) is 23.1. The third kappa shape index (κ3) is 7.50. The Morgan fingerprint density at radius 1 is 1.04 bits per heavy atom. The predicted molar refractivity (Wildman–Crippen MR) is 207 cm³/mol. The molecule has 8 rings (SSSR count). The molecular weight excluding hydrogens is 705 g/mol. The predicted octanol–water partition coefficient (Wildman–Crippen LogP) is 5.12. The first kappa shape index (κ1) is 37.2. The van der Waals surface area contributed by atoms with Crippen molar-refractivity contribution < 1.29 is 23.2 Å². The van der Waals surface area contributed by atoms with Crippen LogP contribution < -0.4 is 15.1 Å². The standard InChI is InChI=1S/C41H51F2N9O3/c1-4-29-20-32-35(22-41(29,42)43)47-48-38(32)34-19-27-5-7-30(21-33(27)45-34)49(3)40(55)25(2)51-17-15-50(16-18-51)24-26-11-13-52(14-12-26)36-9-6-28(23-44-36)31-8-10-37(53)46-39(31)54/h5-7,9,19,21,23,25-26,29,31,45H,4,8,10-18,20,22,24H2,1-3H3,(H,47,48)(H,46,53,54)/t25-,29-,31?/m0/s1. The number of nitrogens with zero attached hydrogens (tertiary/aromatic N) is 6. The second-order valence-corrected chi connectivity index (χ2v) is 16.0. The van der Waals surface area contributed by atoms with Crippen LogP contribution in [0.3, 0.4) is 0 Å². The number of H-pyrrole nitrogens is 2. The van der Waals surface area contributed by atoms with Crippen molar-refractivity contribution in [2.45, 2.75) is 76.7 Å². The molecule has 4 aromatic rings. The molecule has 3 N–H and O–H groups in total. The lowest BCUT2D eigenvalue weighted by Gasteiger charge is -2.41. The molecule has 4 aliphatic rings. The van der Waals surface area contributed by atoms with Gasteiger partial charge >= 0.3 is 0 Å². The van der Waals surface area contributed by atoms with E-state index < -0.39 is 11.8 Å². The minimum Gasteiger partial charge on any atom is -0.357 e. The monoisotopic (exact) mass is 755 g/mol. The molecule has 1 aromatic carbocycles. The molecule has 0 bridgehead atoms. The average molecular weight is 756 g/mol. The SMILES string of the molecule is CC[C@H]1Cc2c(-c3cc4ccc(N(C)C(=O)[C@H](C)N5CCN(CC6CCN(c7ccc(C8CCC(=O)NC8=O)cn7)CC6)CC5)cc4[nH]3)n[nH]c2CC1(F)F. The van der Waals surface area contributed by atoms with Gasteiger partial charge in [0.1, 0.15) is 11.5 Å². The number of carbonyl (C=O) groups is 3. The van der Waals surface area contributed by atoms with Gasteiger partial charge < -0.3 is 19.7 Å². The molecule has 3 atom stereocenters. The first-order valence-corrected chi connectivity index (χ1v) is 19.8. The summed E-state index contributed by atoms with van der Waals surface area (Å²) in [5, 5.41) is 10.7. The third-order valence-corrected chi connectivity index (χ3v) is 12.7. The van der Waals surface area contributed by atoms with Crippen LogP contribution >= 0.6 is 0 Å². The van der Waals surface area contributed by atoms with Gasteiger partial charge in [0.05, 0.1) is 24.1 Å². The van der Waals surface area contributed by atoms with Crippen molar-refractivity contribution >= 4 is 40.1 Å². The summed E-state index contributed by atoms with van der Waals surface area (Å²) in [7, 11) is 1.82. The number of hydrogen-bond donors (Lipinski definition) is 3. The molecule has 12 nitrogen and oxygen atoms in total. The summed E-state index contributed by atoms with van der Waals surface area (Å²) in [6.07, 6.45) is 5.23. The van der Waals surface area contributed by atoms with E-state index in [0.717, 1.165) is 97.9 Å². The number of imide groups is 1. The Labute approximate surface area is 320 Å². The van der Waals surface area contributed by atoms with Crippen LogP contribution in [-0.4, -0.2) is 113 Å². The highest BCUT2D eigenvalue weighted by Gasteiger charge is 2.44. The van der Waals surface area contributed by atoms with Gasteiger partial charge in [0, 0.05) is 99.2 Å². The number of rotatable bonds is 9. The number of benzene rings is 1. The van der Waals surface area contributed by atoms with E-state index in [-0.39, 0.29) is 36.1 Å². The summed E-state index contributed by atoms with van der Waals surface area (Å²) >= 11 is 0. The average Bonchev–Trinajstić information content (AvgIpc) is 3.80. The Morgan fingerprint density at radius 3 is 2.53 bits per heavy atom. The van der Waals surface area contributed by atoms with Crippen molar-refractivity contribution in [2.24, 2.45) is 11.8 Å². The summed E-state index contributed by atoms with van der Waals surface area (Å²) < 4.78 is 29.2.